The number of halogens is 1. The summed E-state index contributed by atoms with van der Waals surface area (Å²) in [4.78, 5) is 15.8. The first-order chi connectivity index (χ1) is 7.65. The number of carbonyl (C=O) groups excluding carboxylic acids is 1. The first kappa shape index (κ1) is 11.6. The number of nitrogens with zero attached hydrogens (tertiary/aromatic N) is 1. The van der Waals surface area contributed by atoms with Gasteiger partial charge in [-0.2, -0.15) is 0 Å². The number of amides is 1. The zero-order valence-electron chi connectivity index (χ0n) is 9.24. The van der Waals surface area contributed by atoms with E-state index in [0.717, 1.165) is 16.9 Å². The van der Waals surface area contributed by atoms with Crippen molar-refractivity contribution in [1.82, 2.24) is 10.3 Å². The highest BCUT2D eigenvalue weighted by molar-refractivity contribution is 9.10. The largest absolute Gasteiger partial charge is 0.350 e. The van der Waals surface area contributed by atoms with Gasteiger partial charge in [-0.15, -0.1) is 0 Å². The number of rotatable bonds is 4. The molecule has 0 aromatic carbocycles. The molecular weight excluding hydrogens is 268 g/mol. The van der Waals surface area contributed by atoms with Gasteiger partial charge in [-0.3, -0.25) is 4.79 Å². The number of aromatic nitrogens is 1. The van der Waals surface area contributed by atoms with Gasteiger partial charge in [0.2, 0.25) is 0 Å². The summed E-state index contributed by atoms with van der Waals surface area (Å²) in [6.07, 6.45) is 5.32. The van der Waals surface area contributed by atoms with Crippen molar-refractivity contribution in [1.29, 1.82) is 0 Å². The first-order valence-corrected chi connectivity index (χ1v) is 6.37. The van der Waals surface area contributed by atoms with Crippen LogP contribution in [0.25, 0.3) is 0 Å². The van der Waals surface area contributed by atoms with E-state index >= 15 is 0 Å². The Balaban J connectivity index is 1.88. The Morgan fingerprint density at radius 2 is 2.38 bits per heavy atom. The highest BCUT2D eigenvalue weighted by atomic mass is 79.9. The second-order valence-electron chi connectivity index (χ2n) is 4.42. The van der Waals surface area contributed by atoms with Gasteiger partial charge in [-0.25, -0.2) is 4.98 Å². The van der Waals surface area contributed by atoms with Gasteiger partial charge in [-0.1, -0.05) is 12.8 Å². The van der Waals surface area contributed by atoms with Gasteiger partial charge in [-0.05, 0) is 47.3 Å². The third kappa shape index (κ3) is 3.30. The molecule has 1 unspecified atom stereocenters. The molecule has 1 aromatic rings. The normalized spacial score (nSPS) is 16.9. The SMILES string of the molecule is CC(CC1CC1)NC(=O)c1ccc(Br)nc1. The van der Waals surface area contributed by atoms with Gasteiger partial charge >= 0.3 is 0 Å². The molecule has 3 nitrogen and oxygen atoms in total. The van der Waals surface area contributed by atoms with Crippen LogP contribution in [-0.4, -0.2) is 16.9 Å². The van der Waals surface area contributed by atoms with Crippen LogP contribution in [0.2, 0.25) is 0 Å². The standard InChI is InChI=1S/C12H15BrN2O/c1-8(6-9-2-3-9)15-12(16)10-4-5-11(13)14-7-10/h4-5,7-9H,2-3,6H2,1H3,(H,15,16). The second-order valence-corrected chi connectivity index (χ2v) is 5.24. The lowest BCUT2D eigenvalue weighted by molar-refractivity contribution is 0.0937. The van der Waals surface area contributed by atoms with Crippen molar-refractivity contribution < 1.29 is 4.79 Å². The van der Waals surface area contributed by atoms with Crippen molar-refractivity contribution in [2.75, 3.05) is 0 Å². The van der Waals surface area contributed by atoms with Crippen LogP contribution >= 0.6 is 15.9 Å². The monoisotopic (exact) mass is 282 g/mol. The van der Waals surface area contributed by atoms with Crippen LogP contribution in [0.5, 0.6) is 0 Å². The maximum Gasteiger partial charge on any atom is 0.253 e. The molecule has 86 valence electrons. The lowest BCUT2D eigenvalue weighted by Gasteiger charge is -2.13. The minimum atomic E-state index is -0.0341. The molecule has 1 fully saturated rings. The van der Waals surface area contributed by atoms with Crippen LogP contribution in [0.15, 0.2) is 22.9 Å². The minimum absolute atomic E-state index is 0.0341. The molecule has 2 rings (SSSR count). The molecule has 0 spiro atoms. The minimum Gasteiger partial charge on any atom is -0.350 e. The average molecular weight is 283 g/mol. The highest BCUT2D eigenvalue weighted by Gasteiger charge is 2.24. The number of hydrogen-bond acceptors (Lipinski definition) is 2. The summed E-state index contributed by atoms with van der Waals surface area (Å²) in [6.45, 7) is 2.06. The molecule has 1 aliphatic rings. The van der Waals surface area contributed by atoms with Gasteiger partial charge in [0, 0.05) is 12.2 Å². The molecule has 1 atom stereocenters. The summed E-state index contributed by atoms with van der Waals surface area (Å²) in [7, 11) is 0. The molecule has 1 saturated carbocycles. The van der Waals surface area contributed by atoms with E-state index in [1.54, 1.807) is 18.3 Å². The Morgan fingerprint density at radius 1 is 1.62 bits per heavy atom. The lowest BCUT2D eigenvalue weighted by Crippen LogP contribution is -2.32. The van der Waals surface area contributed by atoms with Crippen LogP contribution in [0.1, 0.15) is 36.5 Å². The molecule has 1 N–H and O–H groups in total. The fraction of sp³-hybridized carbons (Fsp3) is 0.500. The lowest BCUT2D eigenvalue weighted by atomic mass is 10.1. The zero-order chi connectivity index (χ0) is 11.5. The summed E-state index contributed by atoms with van der Waals surface area (Å²) in [5, 5.41) is 2.99. The Kier molecular flexibility index (Phi) is 3.59. The smallest absolute Gasteiger partial charge is 0.253 e. The van der Waals surface area contributed by atoms with Gasteiger partial charge < -0.3 is 5.32 Å². The summed E-state index contributed by atoms with van der Waals surface area (Å²) in [5.41, 5.74) is 0.617. The fourth-order valence-corrected chi connectivity index (χ4v) is 1.96. The Bertz CT molecular complexity index is 373. The predicted octanol–water partition coefficient (Wildman–Crippen LogP) is 2.76. The quantitative estimate of drug-likeness (QED) is 0.863. The average Bonchev–Trinajstić information content (AvgIpc) is 3.02. The topological polar surface area (TPSA) is 42.0 Å². The van der Waals surface area contributed by atoms with E-state index in [9.17, 15) is 4.79 Å². The molecule has 0 bridgehead atoms. The van der Waals surface area contributed by atoms with Gasteiger partial charge in [0.15, 0.2) is 0 Å². The van der Waals surface area contributed by atoms with Crippen LogP contribution in [-0.2, 0) is 0 Å². The van der Waals surface area contributed by atoms with Crippen molar-refractivity contribution >= 4 is 21.8 Å². The number of pyridine rings is 1. The maximum atomic E-state index is 11.8. The van der Waals surface area contributed by atoms with E-state index in [-0.39, 0.29) is 11.9 Å². The van der Waals surface area contributed by atoms with Crippen LogP contribution in [0.4, 0.5) is 0 Å². The third-order valence-corrected chi connectivity index (χ3v) is 3.22. The van der Waals surface area contributed by atoms with E-state index < -0.39 is 0 Å². The van der Waals surface area contributed by atoms with Crippen molar-refractivity contribution in [2.24, 2.45) is 5.92 Å². The first-order valence-electron chi connectivity index (χ1n) is 5.57. The molecular formula is C12H15BrN2O. The van der Waals surface area contributed by atoms with Crippen LogP contribution in [0, 0.1) is 5.92 Å². The molecule has 1 aliphatic carbocycles. The Morgan fingerprint density at radius 3 is 2.94 bits per heavy atom. The van der Waals surface area contributed by atoms with E-state index in [1.165, 1.54) is 12.8 Å². The van der Waals surface area contributed by atoms with Crippen molar-refractivity contribution in [2.45, 2.75) is 32.2 Å². The molecule has 1 heterocycles. The van der Waals surface area contributed by atoms with E-state index in [0.29, 0.717) is 5.56 Å². The molecule has 0 aliphatic heterocycles. The maximum absolute atomic E-state index is 11.8. The summed E-state index contributed by atoms with van der Waals surface area (Å²) in [5.74, 6) is 0.798. The molecule has 1 amide bonds. The molecule has 0 saturated heterocycles. The highest BCUT2D eigenvalue weighted by Crippen LogP contribution is 2.33. The molecule has 16 heavy (non-hydrogen) atoms. The van der Waals surface area contributed by atoms with E-state index in [2.05, 4.69) is 33.2 Å². The third-order valence-electron chi connectivity index (χ3n) is 2.75. The van der Waals surface area contributed by atoms with Crippen molar-refractivity contribution in [3.8, 4) is 0 Å². The van der Waals surface area contributed by atoms with Gasteiger partial charge in [0.25, 0.3) is 5.91 Å². The van der Waals surface area contributed by atoms with Crippen LogP contribution in [0.3, 0.4) is 0 Å². The van der Waals surface area contributed by atoms with Gasteiger partial charge in [0.1, 0.15) is 4.60 Å². The Labute approximate surface area is 104 Å². The molecule has 0 radical (unpaired) electrons. The summed E-state index contributed by atoms with van der Waals surface area (Å²) >= 11 is 3.24. The van der Waals surface area contributed by atoms with E-state index in [1.807, 2.05) is 0 Å². The predicted molar refractivity (Wildman–Crippen MR) is 66.2 cm³/mol. The van der Waals surface area contributed by atoms with E-state index in [4.69, 9.17) is 0 Å². The van der Waals surface area contributed by atoms with Crippen molar-refractivity contribution in [3.05, 3.63) is 28.5 Å². The Hall–Kier alpha value is -0.900. The number of carbonyl (C=O) groups is 1. The zero-order valence-corrected chi connectivity index (χ0v) is 10.8. The summed E-state index contributed by atoms with van der Waals surface area (Å²) in [6, 6.07) is 3.81. The second kappa shape index (κ2) is 4.95. The van der Waals surface area contributed by atoms with Crippen molar-refractivity contribution in [3.63, 3.8) is 0 Å². The van der Waals surface area contributed by atoms with Gasteiger partial charge in [0.05, 0.1) is 5.56 Å². The molecule has 4 heteroatoms. The molecule has 1 aromatic heterocycles. The summed E-state index contributed by atoms with van der Waals surface area (Å²) < 4.78 is 0.745. The number of hydrogen-bond donors (Lipinski definition) is 1. The van der Waals surface area contributed by atoms with Crippen LogP contribution < -0.4 is 5.32 Å². The fourth-order valence-electron chi connectivity index (χ4n) is 1.73. The number of nitrogens with one attached hydrogen (secondary N) is 1.